The third-order valence-electron chi connectivity index (χ3n) is 2.20. The molecule has 1 aromatic heterocycles. The number of quaternary nitrogens is 1. The molecule has 3 heteroatoms. The summed E-state index contributed by atoms with van der Waals surface area (Å²) in [6, 6.07) is 8.75. The number of fused-ring (bicyclic) bond motifs is 1. The summed E-state index contributed by atoms with van der Waals surface area (Å²) in [5.74, 6) is 0. The second-order valence-electron chi connectivity index (χ2n) is 3.14. The minimum absolute atomic E-state index is 0.470. The van der Waals surface area contributed by atoms with Gasteiger partial charge in [-0.15, -0.1) is 11.3 Å². The van der Waals surface area contributed by atoms with Gasteiger partial charge in [0.05, 0.1) is 17.3 Å². The molecule has 1 heterocycles. The molecule has 0 fully saturated rings. The van der Waals surface area contributed by atoms with Crippen LogP contribution >= 0.6 is 11.3 Å². The number of benzene rings is 1. The minimum atomic E-state index is 0.470. The standard InChI is InChI=1S/C10H12N2S/c1-7(11-2)10-12-8-5-3-4-6-9(8)13-10/h3-7,11H,1-2H3/p+1/t7-/m1/s1. The lowest BCUT2D eigenvalue weighted by Crippen LogP contribution is -2.80. The van der Waals surface area contributed by atoms with Gasteiger partial charge in [-0.05, 0) is 19.1 Å². The SMILES string of the molecule is C[NH2+][C@H](C)c1nc2ccccc2s1. The second kappa shape index (κ2) is 3.44. The number of thiazole rings is 1. The van der Waals surface area contributed by atoms with Crippen molar-refractivity contribution in [1.82, 2.24) is 4.98 Å². The Kier molecular flexibility index (Phi) is 2.29. The molecule has 68 valence electrons. The van der Waals surface area contributed by atoms with Gasteiger partial charge in [0.15, 0.2) is 5.01 Å². The summed E-state index contributed by atoms with van der Waals surface area (Å²) in [6.07, 6.45) is 0. The second-order valence-corrected chi connectivity index (χ2v) is 4.20. The Morgan fingerprint density at radius 1 is 1.38 bits per heavy atom. The zero-order chi connectivity index (χ0) is 9.26. The van der Waals surface area contributed by atoms with E-state index in [4.69, 9.17) is 0 Å². The van der Waals surface area contributed by atoms with E-state index in [-0.39, 0.29) is 0 Å². The van der Waals surface area contributed by atoms with E-state index in [2.05, 4.69) is 42.5 Å². The average molecular weight is 193 g/mol. The third kappa shape index (κ3) is 1.57. The third-order valence-corrected chi connectivity index (χ3v) is 3.44. The van der Waals surface area contributed by atoms with Crippen molar-refractivity contribution in [1.29, 1.82) is 0 Å². The van der Waals surface area contributed by atoms with Gasteiger partial charge in [0.2, 0.25) is 0 Å². The first-order valence-electron chi connectivity index (χ1n) is 4.46. The van der Waals surface area contributed by atoms with Crippen molar-refractivity contribution in [3.8, 4) is 0 Å². The van der Waals surface area contributed by atoms with E-state index in [1.165, 1.54) is 9.71 Å². The van der Waals surface area contributed by atoms with Gasteiger partial charge in [-0.1, -0.05) is 12.1 Å². The summed E-state index contributed by atoms with van der Waals surface area (Å²) in [5.41, 5.74) is 1.12. The van der Waals surface area contributed by atoms with Crippen LogP contribution in [0, 0.1) is 0 Å². The first-order chi connectivity index (χ1) is 6.31. The molecule has 0 saturated carbocycles. The van der Waals surface area contributed by atoms with E-state index in [1.54, 1.807) is 11.3 Å². The Balaban J connectivity index is 2.49. The fraction of sp³-hybridized carbons (Fsp3) is 0.300. The fourth-order valence-corrected chi connectivity index (χ4v) is 2.28. The van der Waals surface area contributed by atoms with Crippen molar-refractivity contribution in [2.45, 2.75) is 13.0 Å². The number of para-hydroxylation sites is 1. The Bertz CT molecular complexity index is 375. The van der Waals surface area contributed by atoms with E-state index >= 15 is 0 Å². The number of aromatic nitrogens is 1. The maximum absolute atomic E-state index is 4.57. The lowest BCUT2D eigenvalue weighted by Gasteiger charge is -2.00. The molecule has 2 N–H and O–H groups in total. The summed E-state index contributed by atoms with van der Waals surface area (Å²) in [5, 5.41) is 3.39. The molecule has 2 aromatic rings. The van der Waals surface area contributed by atoms with Crippen molar-refractivity contribution in [2.24, 2.45) is 0 Å². The molecule has 0 spiro atoms. The first-order valence-corrected chi connectivity index (χ1v) is 5.28. The molecule has 13 heavy (non-hydrogen) atoms. The molecule has 0 radical (unpaired) electrons. The number of rotatable bonds is 2. The van der Waals surface area contributed by atoms with Crippen molar-refractivity contribution >= 4 is 21.6 Å². The van der Waals surface area contributed by atoms with Crippen LogP contribution in [0.15, 0.2) is 24.3 Å². The predicted octanol–water partition coefficient (Wildman–Crippen LogP) is 1.55. The topological polar surface area (TPSA) is 29.5 Å². The summed E-state index contributed by atoms with van der Waals surface area (Å²) >= 11 is 1.79. The predicted molar refractivity (Wildman–Crippen MR) is 55.9 cm³/mol. The summed E-state index contributed by atoms with van der Waals surface area (Å²) in [4.78, 5) is 4.57. The Morgan fingerprint density at radius 2 is 2.15 bits per heavy atom. The van der Waals surface area contributed by atoms with Crippen LogP contribution < -0.4 is 5.32 Å². The highest BCUT2D eigenvalue weighted by atomic mass is 32.1. The monoisotopic (exact) mass is 193 g/mol. The van der Waals surface area contributed by atoms with Crippen LogP contribution in [0.25, 0.3) is 10.2 Å². The van der Waals surface area contributed by atoms with Crippen molar-refractivity contribution in [3.63, 3.8) is 0 Å². The highest BCUT2D eigenvalue weighted by Gasteiger charge is 2.11. The maximum Gasteiger partial charge on any atom is 0.151 e. The van der Waals surface area contributed by atoms with Gasteiger partial charge >= 0.3 is 0 Å². The molecule has 2 rings (SSSR count). The molecule has 0 bridgehead atoms. The molecule has 2 nitrogen and oxygen atoms in total. The average Bonchev–Trinajstić information content (AvgIpc) is 2.59. The molecular weight excluding hydrogens is 180 g/mol. The van der Waals surface area contributed by atoms with Crippen molar-refractivity contribution < 1.29 is 5.32 Å². The molecular formula is C10H13N2S+. The minimum Gasteiger partial charge on any atom is -0.341 e. The first kappa shape index (κ1) is 8.66. The van der Waals surface area contributed by atoms with Gasteiger partial charge in [-0.25, -0.2) is 4.98 Å². The normalized spacial score (nSPS) is 13.4. The molecule has 0 aliphatic rings. The summed E-state index contributed by atoms with van der Waals surface area (Å²) in [6.45, 7) is 2.18. The van der Waals surface area contributed by atoms with Gasteiger partial charge in [0.25, 0.3) is 0 Å². The molecule has 0 aliphatic heterocycles. The van der Waals surface area contributed by atoms with Gasteiger partial charge in [0, 0.05) is 0 Å². The van der Waals surface area contributed by atoms with E-state index in [0.717, 1.165) is 5.52 Å². The highest BCUT2D eigenvalue weighted by Crippen LogP contribution is 2.24. The molecule has 1 atom stereocenters. The Hall–Kier alpha value is -0.930. The smallest absolute Gasteiger partial charge is 0.151 e. The van der Waals surface area contributed by atoms with E-state index in [9.17, 15) is 0 Å². The maximum atomic E-state index is 4.57. The Morgan fingerprint density at radius 3 is 2.85 bits per heavy atom. The largest absolute Gasteiger partial charge is 0.341 e. The van der Waals surface area contributed by atoms with Crippen LogP contribution in [0.1, 0.15) is 18.0 Å². The lowest BCUT2D eigenvalue weighted by atomic mass is 10.3. The highest BCUT2D eigenvalue weighted by molar-refractivity contribution is 7.18. The summed E-state index contributed by atoms with van der Waals surface area (Å²) < 4.78 is 1.28. The molecule has 0 saturated heterocycles. The number of hydrogen-bond donors (Lipinski definition) is 1. The number of hydrogen-bond acceptors (Lipinski definition) is 2. The lowest BCUT2D eigenvalue weighted by molar-refractivity contribution is -0.666. The fourth-order valence-electron chi connectivity index (χ4n) is 1.23. The Labute approximate surface area is 81.6 Å². The van der Waals surface area contributed by atoms with E-state index < -0.39 is 0 Å². The zero-order valence-corrected chi connectivity index (χ0v) is 8.64. The van der Waals surface area contributed by atoms with Crippen LogP contribution in [-0.2, 0) is 0 Å². The van der Waals surface area contributed by atoms with Crippen molar-refractivity contribution in [3.05, 3.63) is 29.3 Å². The van der Waals surface area contributed by atoms with E-state index in [0.29, 0.717) is 6.04 Å². The van der Waals surface area contributed by atoms with Crippen LogP contribution in [0.2, 0.25) is 0 Å². The number of nitrogens with two attached hydrogens (primary N) is 1. The number of nitrogens with zero attached hydrogens (tertiary/aromatic N) is 1. The van der Waals surface area contributed by atoms with Crippen molar-refractivity contribution in [2.75, 3.05) is 7.05 Å². The van der Waals surface area contributed by atoms with Gasteiger partial charge < -0.3 is 5.32 Å². The van der Waals surface area contributed by atoms with Gasteiger partial charge in [0.1, 0.15) is 6.04 Å². The van der Waals surface area contributed by atoms with Gasteiger partial charge in [-0.3, -0.25) is 0 Å². The molecule has 0 aliphatic carbocycles. The molecule has 1 aromatic carbocycles. The summed E-state index contributed by atoms with van der Waals surface area (Å²) in [7, 11) is 2.08. The van der Waals surface area contributed by atoms with Gasteiger partial charge in [-0.2, -0.15) is 0 Å². The molecule has 0 unspecified atom stereocenters. The van der Waals surface area contributed by atoms with E-state index in [1.807, 2.05) is 6.07 Å². The van der Waals surface area contributed by atoms with Crippen LogP contribution in [0.5, 0.6) is 0 Å². The van der Waals surface area contributed by atoms with Crippen LogP contribution in [-0.4, -0.2) is 12.0 Å². The molecule has 0 amide bonds. The van der Waals surface area contributed by atoms with Crippen LogP contribution in [0.4, 0.5) is 0 Å². The quantitative estimate of drug-likeness (QED) is 0.770. The van der Waals surface area contributed by atoms with Crippen LogP contribution in [0.3, 0.4) is 0 Å². The zero-order valence-electron chi connectivity index (χ0n) is 7.82.